The molecule has 0 aliphatic rings. The van der Waals surface area contributed by atoms with Gasteiger partial charge in [-0.2, -0.15) is 0 Å². The Labute approximate surface area is 52.5 Å². The highest BCUT2D eigenvalue weighted by atomic mass is 14.9. The molecule has 0 aromatic heterocycles. The summed E-state index contributed by atoms with van der Waals surface area (Å²) in [7, 11) is 0. The van der Waals surface area contributed by atoms with Crippen LogP contribution in [0.3, 0.4) is 0 Å². The Bertz CT molecular complexity index is 41.7. The maximum absolute atomic E-state index is 5.42. The lowest BCUT2D eigenvalue weighted by Crippen LogP contribution is -2.23. The number of unbranched alkanes of at least 4 members (excludes halogenated alkanes) is 1. The summed E-state index contributed by atoms with van der Waals surface area (Å²) in [6, 6.07) is 0.154. The highest BCUT2D eigenvalue weighted by Crippen LogP contribution is 1.83. The molecule has 2 radical (unpaired) electrons. The van der Waals surface area contributed by atoms with E-state index >= 15 is 0 Å². The van der Waals surface area contributed by atoms with Gasteiger partial charge in [0.25, 0.3) is 0 Å². The molecular formula is C7H15N. The fourth-order valence-corrected chi connectivity index (χ4v) is 0.507. The van der Waals surface area contributed by atoms with Crippen LogP contribution >= 0.6 is 0 Å². The van der Waals surface area contributed by atoms with Crippen LogP contribution in [0, 0.1) is 6.92 Å². The predicted molar refractivity (Wildman–Crippen MR) is 36.7 cm³/mol. The summed E-state index contributed by atoms with van der Waals surface area (Å²) in [5, 5.41) is 3.12. The molecule has 1 unspecified atom stereocenters. The summed E-state index contributed by atoms with van der Waals surface area (Å²) in [5.41, 5.74) is 0. The van der Waals surface area contributed by atoms with Crippen molar-refractivity contribution < 1.29 is 0 Å². The van der Waals surface area contributed by atoms with Gasteiger partial charge in [-0.3, -0.25) is 0 Å². The number of nitrogens with one attached hydrogen (secondary N) is 1. The fraction of sp³-hybridized carbons (Fsp3) is 0.857. The third-order valence-electron chi connectivity index (χ3n) is 0.997. The van der Waals surface area contributed by atoms with Crippen molar-refractivity contribution in [3.05, 3.63) is 6.92 Å². The molecule has 0 amide bonds. The molecule has 0 saturated heterocycles. The molecule has 0 aromatic carbocycles. The van der Waals surface area contributed by atoms with Gasteiger partial charge in [-0.1, -0.05) is 13.3 Å². The zero-order valence-electron chi connectivity index (χ0n) is 5.78. The topological polar surface area (TPSA) is 12.0 Å². The van der Waals surface area contributed by atoms with Gasteiger partial charge in [-0.15, -0.1) is 0 Å². The first-order valence-corrected chi connectivity index (χ1v) is 3.26. The largest absolute Gasteiger partial charge is 0.314 e. The van der Waals surface area contributed by atoms with E-state index in [2.05, 4.69) is 12.2 Å². The van der Waals surface area contributed by atoms with Gasteiger partial charge in [-0.05, 0) is 26.8 Å². The zero-order valence-corrected chi connectivity index (χ0v) is 5.78. The van der Waals surface area contributed by atoms with Crippen LogP contribution in [-0.4, -0.2) is 12.6 Å². The van der Waals surface area contributed by atoms with Crippen molar-refractivity contribution >= 4 is 0 Å². The van der Waals surface area contributed by atoms with Crippen molar-refractivity contribution in [3.8, 4) is 0 Å². The maximum atomic E-state index is 5.42. The standard InChI is InChI=1S/C7H15N/c1-4-5-6-8-7(2)3/h2,7-8H,4-6H2,1,3H3. The van der Waals surface area contributed by atoms with Crippen molar-refractivity contribution in [2.24, 2.45) is 0 Å². The van der Waals surface area contributed by atoms with E-state index in [9.17, 15) is 0 Å². The van der Waals surface area contributed by atoms with Crippen LogP contribution < -0.4 is 5.32 Å². The molecule has 0 spiro atoms. The van der Waals surface area contributed by atoms with Gasteiger partial charge in [0.05, 0.1) is 0 Å². The molecule has 0 bridgehead atoms. The lowest BCUT2D eigenvalue weighted by molar-refractivity contribution is 0.598. The first kappa shape index (κ1) is 7.96. The van der Waals surface area contributed by atoms with Crippen molar-refractivity contribution in [1.29, 1.82) is 0 Å². The second kappa shape index (κ2) is 5.10. The first-order valence-electron chi connectivity index (χ1n) is 3.26. The SMILES string of the molecule is [CH]C(C)NCCCC. The highest BCUT2D eigenvalue weighted by molar-refractivity contribution is 4.60. The fourth-order valence-electron chi connectivity index (χ4n) is 0.507. The molecule has 48 valence electrons. The Balaban J connectivity index is 2.72. The van der Waals surface area contributed by atoms with Crippen LogP contribution in [0.25, 0.3) is 0 Å². The minimum absolute atomic E-state index is 0.154. The van der Waals surface area contributed by atoms with Crippen molar-refractivity contribution in [1.82, 2.24) is 5.32 Å². The van der Waals surface area contributed by atoms with Gasteiger partial charge in [0, 0.05) is 6.04 Å². The molecule has 0 saturated carbocycles. The Hall–Kier alpha value is -0.0400. The van der Waals surface area contributed by atoms with Crippen molar-refractivity contribution in [2.45, 2.75) is 32.7 Å². The maximum Gasteiger partial charge on any atom is 0.00736 e. The molecule has 0 fully saturated rings. The number of rotatable bonds is 4. The Kier molecular flexibility index (Phi) is 5.08. The Morgan fingerprint density at radius 1 is 1.62 bits per heavy atom. The number of hydrogen-bond donors (Lipinski definition) is 1. The summed E-state index contributed by atoms with van der Waals surface area (Å²) < 4.78 is 0. The zero-order chi connectivity index (χ0) is 6.41. The quantitative estimate of drug-likeness (QED) is 0.544. The van der Waals surface area contributed by atoms with Gasteiger partial charge < -0.3 is 5.32 Å². The first-order chi connectivity index (χ1) is 3.77. The summed E-state index contributed by atoms with van der Waals surface area (Å²) >= 11 is 0. The van der Waals surface area contributed by atoms with Crippen LogP contribution in [0.15, 0.2) is 0 Å². The van der Waals surface area contributed by atoms with Crippen LogP contribution in [0.1, 0.15) is 26.7 Å². The van der Waals surface area contributed by atoms with Crippen molar-refractivity contribution in [2.75, 3.05) is 6.54 Å². The lowest BCUT2D eigenvalue weighted by Gasteiger charge is -2.04. The normalized spacial score (nSPS) is 10.5. The van der Waals surface area contributed by atoms with Gasteiger partial charge in [0.2, 0.25) is 0 Å². The predicted octanol–water partition coefficient (Wildman–Crippen LogP) is 1.48. The molecule has 0 heterocycles. The van der Waals surface area contributed by atoms with E-state index in [-0.39, 0.29) is 6.04 Å². The highest BCUT2D eigenvalue weighted by Gasteiger charge is 1.88. The monoisotopic (exact) mass is 113 g/mol. The minimum Gasteiger partial charge on any atom is -0.314 e. The van der Waals surface area contributed by atoms with E-state index in [1.165, 1.54) is 12.8 Å². The Morgan fingerprint density at radius 3 is 2.62 bits per heavy atom. The van der Waals surface area contributed by atoms with Crippen LogP contribution in [0.2, 0.25) is 0 Å². The van der Waals surface area contributed by atoms with Gasteiger partial charge in [-0.25, -0.2) is 0 Å². The molecule has 1 N–H and O–H groups in total. The summed E-state index contributed by atoms with van der Waals surface area (Å²) in [5.74, 6) is 0. The summed E-state index contributed by atoms with van der Waals surface area (Å²) in [6.07, 6.45) is 2.46. The lowest BCUT2D eigenvalue weighted by atomic mass is 10.3. The third kappa shape index (κ3) is 5.96. The molecule has 1 heteroatoms. The van der Waals surface area contributed by atoms with Crippen LogP contribution in [0.4, 0.5) is 0 Å². The van der Waals surface area contributed by atoms with Crippen LogP contribution in [0.5, 0.6) is 0 Å². The summed E-state index contributed by atoms with van der Waals surface area (Å²) in [6.45, 7) is 10.6. The summed E-state index contributed by atoms with van der Waals surface area (Å²) in [4.78, 5) is 0. The molecule has 0 aliphatic heterocycles. The average Bonchev–Trinajstić information content (AvgIpc) is 1.66. The molecule has 8 heavy (non-hydrogen) atoms. The number of hydrogen-bond acceptors (Lipinski definition) is 1. The van der Waals surface area contributed by atoms with Gasteiger partial charge >= 0.3 is 0 Å². The average molecular weight is 113 g/mol. The molecule has 1 atom stereocenters. The second-order valence-electron chi connectivity index (χ2n) is 2.10. The molecule has 0 aromatic rings. The molecule has 0 rings (SSSR count). The molecule has 0 aliphatic carbocycles. The third-order valence-corrected chi connectivity index (χ3v) is 0.997. The van der Waals surface area contributed by atoms with E-state index in [0.29, 0.717) is 0 Å². The second-order valence-corrected chi connectivity index (χ2v) is 2.10. The van der Waals surface area contributed by atoms with E-state index in [4.69, 9.17) is 6.92 Å². The van der Waals surface area contributed by atoms with Crippen molar-refractivity contribution in [3.63, 3.8) is 0 Å². The molecule has 1 nitrogen and oxygen atoms in total. The van der Waals surface area contributed by atoms with Gasteiger partial charge in [0.15, 0.2) is 0 Å². The van der Waals surface area contributed by atoms with E-state index < -0.39 is 0 Å². The van der Waals surface area contributed by atoms with Crippen LogP contribution in [-0.2, 0) is 0 Å². The molecular weight excluding hydrogens is 98.1 g/mol. The van der Waals surface area contributed by atoms with Gasteiger partial charge in [0.1, 0.15) is 0 Å². The minimum atomic E-state index is 0.154. The Morgan fingerprint density at radius 2 is 2.25 bits per heavy atom. The van der Waals surface area contributed by atoms with E-state index in [1.54, 1.807) is 0 Å². The smallest absolute Gasteiger partial charge is 0.00736 e. The van der Waals surface area contributed by atoms with E-state index in [1.807, 2.05) is 6.92 Å². The van der Waals surface area contributed by atoms with E-state index in [0.717, 1.165) is 6.54 Å².